The molecule has 2 saturated heterocycles. The third-order valence-electron chi connectivity index (χ3n) is 7.33. The Bertz CT molecular complexity index is 912. The van der Waals surface area contributed by atoms with E-state index < -0.39 is 10.0 Å². The molecule has 30 heavy (non-hydrogen) atoms. The first-order valence-corrected chi connectivity index (χ1v) is 13.1. The quantitative estimate of drug-likeness (QED) is 0.718. The van der Waals surface area contributed by atoms with E-state index in [0.29, 0.717) is 30.4 Å². The maximum Gasteiger partial charge on any atom is 0.243 e. The average Bonchev–Trinajstić information content (AvgIpc) is 3.54. The molecule has 2 aliphatic heterocycles. The zero-order valence-corrected chi connectivity index (χ0v) is 18.6. The number of carbonyl (C=O) groups excluding carboxylic acids is 1. The van der Waals surface area contributed by atoms with Crippen LogP contribution in [-0.4, -0.2) is 73.7 Å². The van der Waals surface area contributed by atoms with E-state index in [2.05, 4.69) is 4.90 Å². The van der Waals surface area contributed by atoms with E-state index in [-0.39, 0.29) is 11.9 Å². The minimum atomic E-state index is -3.49. The molecule has 0 N–H and O–H groups in total. The lowest BCUT2D eigenvalue weighted by atomic mass is 9.92. The Labute approximate surface area is 180 Å². The Kier molecular flexibility index (Phi) is 5.62. The number of carbonyl (C=O) groups is 1. The monoisotopic (exact) mass is 431 g/mol. The Morgan fingerprint density at radius 1 is 0.867 bits per heavy atom. The van der Waals surface area contributed by atoms with Gasteiger partial charge in [0.15, 0.2) is 0 Å². The molecule has 0 bridgehead atoms. The number of hydrogen-bond donors (Lipinski definition) is 0. The van der Waals surface area contributed by atoms with Crippen LogP contribution in [0.25, 0.3) is 0 Å². The molecule has 1 unspecified atom stereocenters. The normalized spacial score (nSPS) is 26.6. The summed E-state index contributed by atoms with van der Waals surface area (Å²) in [6, 6.07) is 5.65. The first kappa shape index (κ1) is 20.5. The van der Waals surface area contributed by atoms with E-state index in [1.54, 1.807) is 10.4 Å². The predicted molar refractivity (Wildman–Crippen MR) is 116 cm³/mol. The maximum absolute atomic E-state index is 13.3. The molecule has 1 aromatic carbocycles. The highest BCUT2D eigenvalue weighted by Crippen LogP contribution is 2.32. The summed E-state index contributed by atoms with van der Waals surface area (Å²) in [6.45, 7) is 4.20. The van der Waals surface area contributed by atoms with Crippen molar-refractivity contribution in [3.63, 3.8) is 0 Å². The van der Waals surface area contributed by atoms with Crippen LogP contribution in [0.1, 0.15) is 49.7 Å². The lowest BCUT2D eigenvalue weighted by Crippen LogP contribution is -2.44. The molecule has 4 aliphatic rings. The van der Waals surface area contributed by atoms with Crippen molar-refractivity contribution < 1.29 is 13.2 Å². The maximum atomic E-state index is 13.3. The number of fused-ring (bicyclic) bond motifs is 1. The van der Waals surface area contributed by atoms with Crippen LogP contribution in [-0.2, 0) is 27.7 Å². The molecule has 3 fully saturated rings. The molecule has 1 atom stereocenters. The molecule has 2 heterocycles. The second kappa shape index (κ2) is 8.24. The van der Waals surface area contributed by atoms with Gasteiger partial charge in [0.2, 0.25) is 15.9 Å². The molecule has 2 aliphatic carbocycles. The molecule has 0 aromatic heterocycles. The Morgan fingerprint density at radius 3 is 2.47 bits per heavy atom. The van der Waals surface area contributed by atoms with Crippen molar-refractivity contribution in [3.05, 3.63) is 29.3 Å². The number of sulfonamides is 1. The zero-order valence-electron chi connectivity index (χ0n) is 17.8. The Balaban J connectivity index is 1.25. The van der Waals surface area contributed by atoms with Crippen molar-refractivity contribution in [2.24, 2.45) is 5.92 Å². The van der Waals surface area contributed by atoms with Crippen molar-refractivity contribution in [1.82, 2.24) is 14.1 Å². The fourth-order valence-electron chi connectivity index (χ4n) is 5.34. The first-order chi connectivity index (χ1) is 14.5. The van der Waals surface area contributed by atoms with Crippen LogP contribution in [0.15, 0.2) is 23.1 Å². The van der Waals surface area contributed by atoms with Crippen molar-refractivity contribution in [1.29, 1.82) is 0 Å². The molecule has 5 rings (SSSR count). The molecule has 7 heteroatoms. The second-order valence-corrected chi connectivity index (χ2v) is 11.4. The smallest absolute Gasteiger partial charge is 0.243 e. The summed E-state index contributed by atoms with van der Waals surface area (Å²) < 4.78 is 28.3. The Morgan fingerprint density at radius 2 is 1.67 bits per heavy atom. The van der Waals surface area contributed by atoms with Crippen LogP contribution in [0.5, 0.6) is 0 Å². The molecule has 6 nitrogen and oxygen atoms in total. The lowest BCUT2D eigenvalue weighted by Gasteiger charge is -2.26. The largest absolute Gasteiger partial charge is 0.341 e. The summed E-state index contributed by atoms with van der Waals surface area (Å²) in [4.78, 5) is 17.6. The molecule has 164 valence electrons. The number of amides is 1. The average molecular weight is 432 g/mol. The van der Waals surface area contributed by atoms with Gasteiger partial charge >= 0.3 is 0 Å². The van der Waals surface area contributed by atoms with Crippen LogP contribution in [0.3, 0.4) is 0 Å². The zero-order chi connectivity index (χ0) is 20.7. The third kappa shape index (κ3) is 4.04. The van der Waals surface area contributed by atoms with Gasteiger partial charge in [0.25, 0.3) is 0 Å². The van der Waals surface area contributed by atoms with E-state index in [1.165, 1.54) is 30.4 Å². The highest BCUT2D eigenvalue weighted by atomic mass is 32.2. The Hall–Kier alpha value is -1.44. The summed E-state index contributed by atoms with van der Waals surface area (Å²) in [5.41, 5.74) is 2.50. The van der Waals surface area contributed by atoms with Gasteiger partial charge in [0, 0.05) is 39.3 Å². The van der Waals surface area contributed by atoms with Crippen molar-refractivity contribution >= 4 is 15.9 Å². The minimum Gasteiger partial charge on any atom is -0.341 e. The standard InChI is InChI=1S/C23H33N3O3S/c27-23-22(10-13-25(23)17-18-6-7-18)24-11-3-12-26(15-14-24)30(28,29)21-9-8-19-4-1-2-5-20(19)16-21/h8-9,16,18,22H,1-7,10-15,17H2. The summed E-state index contributed by atoms with van der Waals surface area (Å²) in [5, 5.41) is 0. The third-order valence-corrected chi connectivity index (χ3v) is 9.23. The molecule has 0 spiro atoms. The van der Waals surface area contributed by atoms with Gasteiger partial charge in [0.05, 0.1) is 10.9 Å². The molecule has 1 saturated carbocycles. The van der Waals surface area contributed by atoms with Crippen molar-refractivity contribution in [2.45, 2.75) is 62.3 Å². The van der Waals surface area contributed by atoms with Gasteiger partial charge in [-0.2, -0.15) is 4.31 Å². The number of rotatable bonds is 5. The molecular weight excluding hydrogens is 398 g/mol. The number of likely N-dealkylation sites (tertiary alicyclic amines) is 1. The van der Waals surface area contributed by atoms with Crippen LogP contribution >= 0.6 is 0 Å². The molecular formula is C23H33N3O3S. The van der Waals surface area contributed by atoms with Gasteiger partial charge in [0.1, 0.15) is 0 Å². The number of hydrogen-bond acceptors (Lipinski definition) is 4. The van der Waals surface area contributed by atoms with Gasteiger partial charge in [-0.1, -0.05) is 6.07 Å². The molecule has 1 amide bonds. The number of nitrogens with zero attached hydrogens (tertiary/aromatic N) is 3. The molecule has 0 radical (unpaired) electrons. The summed E-state index contributed by atoms with van der Waals surface area (Å²) in [7, 11) is -3.49. The minimum absolute atomic E-state index is 0.0600. The summed E-state index contributed by atoms with van der Waals surface area (Å²) >= 11 is 0. The van der Waals surface area contributed by atoms with Gasteiger partial charge in [-0.25, -0.2) is 8.42 Å². The van der Waals surface area contributed by atoms with Crippen LogP contribution < -0.4 is 0 Å². The first-order valence-electron chi connectivity index (χ1n) is 11.7. The summed E-state index contributed by atoms with van der Waals surface area (Å²) in [6.07, 6.45) is 8.54. The van der Waals surface area contributed by atoms with E-state index in [9.17, 15) is 13.2 Å². The topological polar surface area (TPSA) is 60.9 Å². The number of aryl methyl sites for hydroxylation is 2. The van der Waals surface area contributed by atoms with Gasteiger partial charge in [-0.05, 0) is 80.5 Å². The van der Waals surface area contributed by atoms with Gasteiger partial charge in [-0.3, -0.25) is 9.69 Å². The van der Waals surface area contributed by atoms with Crippen molar-refractivity contribution in [3.8, 4) is 0 Å². The fourth-order valence-corrected chi connectivity index (χ4v) is 6.86. The van der Waals surface area contributed by atoms with E-state index >= 15 is 0 Å². The highest BCUT2D eigenvalue weighted by Gasteiger charge is 2.39. The predicted octanol–water partition coefficient (Wildman–Crippen LogP) is 2.27. The van der Waals surface area contributed by atoms with Crippen LogP contribution in [0, 0.1) is 5.92 Å². The van der Waals surface area contributed by atoms with E-state index in [1.807, 2.05) is 17.0 Å². The van der Waals surface area contributed by atoms with E-state index in [0.717, 1.165) is 51.7 Å². The second-order valence-electron chi connectivity index (χ2n) is 9.46. The fraction of sp³-hybridized carbons (Fsp3) is 0.696. The van der Waals surface area contributed by atoms with Gasteiger partial charge in [-0.15, -0.1) is 0 Å². The summed E-state index contributed by atoms with van der Waals surface area (Å²) in [5.74, 6) is 0.974. The van der Waals surface area contributed by atoms with Gasteiger partial charge < -0.3 is 4.90 Å². The highest BCUT2D eigenvalue weighted by molar-refractivity contribution is 7.89. The van der Waals surface area contributed by atoms with Crippen LogP contribution in [0.2, 0.25) is 0 Å². The van der Waals surface area contributed by atoms with Crippen LogP contribution in [0.4, 0.5) is 0 Å². The number of benzene rings is 1. The SMILES string of the molecule is O=C1C(N2CCCN(S(=O)(=O)c3ccc4c(c3)CCCC4)CC2)CCN1CC1CC1. The lowest BCUT2D eigenvalue weighted by molar-refractivity contribution is -0.132. The van der Waals surface area contributed by atoms with E-state index in [4.69, 9.17) is 0 Å². The van der Waals surface area contributed by atoms with Crippen molar-refractivity contribution in [2.75, 3.05) is 39.3 Å². The molecule has 1 aromatic rings.